The fourth-order valence-corrected chi connectivity index (χ4v) is 2.93. The summed E-state index contributed by atoms with van der Waals surface area (Å²) in [4.78, 5) is 25.4. The van der Waals surface area contributed by atoms with E-state index in [-0.39, 0.29) is 12.5 Å². The first-order chi connectivity index (χ1) is 13.1. The fraction of sp³-hybridized carbons (Fsp3) is 0.316. The first kappa shape index (κ1) is 19.0. The molecule has 3 aromatic rings. The number of aromatic nitrogens is 4. The fourth-order valence-electron chi connectivity index (χ4n) is 2.56. The quantitative estimate of drug-likeness (QED) is 0.669. The van der Waals surface area contributed by atoms with E-state index in [9.17, 15) is 4.79 Å². The summed E-state index contributed by atoms with van der Waals surface area (Å²) < 4.78 is 5.11. The van der Waals surface area contributed by atoms with Gasteiger partial charge < -0.3 is 9.84 Å². The number of hydrogen-bond donors (Lipinski definition) is 1. The first-order valence-corrected chi connectivity index (χ1v) is 10.0. The van der Waals surface area contributed by atoms with Crippen LogP contribution in [0.4, 0.5) is 0 Å². The van der Waals surface area contributed by atoms with Gasteiger partial charge >= 0.3 is 0 Å². The summed E-state index contributed by atoms with van der Waals surface area (Å²) in [6.07, 6.45) is 2.82. The Hall–Kier alpha value is -2.74. The Morgan fingerprint density at radius 2 is 1.96 bits per heavy atom. The number of benzene rings is 1. The smallest absolute Gasteiger partial charge is 0.251 e. The molecular weight excluding hydrogens is 362 g/mol. The van der Waals surface area contributed by atoms with Crippen molar-refractivity contribution >= 4 is 17.7 Å². The van der Waals surface area contributed by atoms with Crippen molar-refractivity contribution in [2.75, 3.05) is 6.26 Å². The lowest BCUT2D eigenvalue weighted by Gasteiger charge is -2.07. The molecule has 0 atom stereocenters. The predicted molar refractivity (Wildman–Crippen MR) is 104 cm³/mol. The van der Waals surface area contributed by atoms with E-state index >= 15 is 0 Å². The Morgan fingerprint density at radius 3 is 2.67 bits per heavy atom. The molecule has 7 nitrogen and oxygen atoms in total. The molecule has 0 spiro atoms. The summed E-state index contributed by atoms with van der Waals surface area (Å²) in [5.74, 6) is 2.25. The maximum absolute atomic E-state index is 12.3. The summed E-state index contributed by atoms with van der Waals surface area (Å²) in [5, 5.41) is 6.64. The van der Waals surface area contributed by atoms with E-state index in [0.717, 1.165) is 29.2 Å². The molecule has 0 radical (unpaired) electrons. The van der Waals surface area contributed by atoms with Crippen LogP contribution in [0.1, 0.15) is 40.5 Å². The van der Waals surface area contributed by atoms with Crippen LogP contribution >= 0.6 is 11.8 Å². The minimum absolute atomic E-state index is 0.195. The van der Waals surface area contributed by atoms with E-state index in [4.69, 9.17) is 4.52 Å². The molecule has 0 bridgehead atoms. The number of amides is 1. The van der Waals surface area contributed by atoms with Crippen LogP contribution in [-0.4, -0.2) is 32.3 Å². The average Bonchev–Trinajstić information content (AvgIpc) is 3.13. The molecule has 8 heteroatoms. The van der Waals surface area contributed by atoms with Crippen LogP contribution < -0.4 is 5.32 Å². The highest BCUT2D eigenvalue weighted by atomic mass is 32.2. The van der Waals surface area contributed by atoms with Gasteiger partial charge in [0.2, 0.25) is 5.89 Å². The molecule has 2 heterocycles. The van der Waals surface area contributed by atoms with Gasteiger partial charge in [-0.2, -0.15) is 16.7 Å². The molecule has 0 unspecified atom stereocenters. The number of aryl methyl sites for hydroxylation is 2. The van der Waals surface area contributed by atoms with Gasteiger partial charge in [-0.3, -0.25) is 4.79 Å². The molecular formula is C19H21N5O2S. The lowest BCUT2D eigenvalue weighted by atomic mass is 10.1. The maximum atomic E-state index is 12.3. The van der Waals surface area contributed by atoms with E-state index in [1.807, 2.05) is 31.4 Å². The zero-order valence-electron chi connectivity index (χ0n) is 15.5. The molecule has 27 heavy (non-hydrogen) atoms. The van der Waals surface area contributed by atoms with Crippen LogP contribution in [-0.2, 0) is 18.7 Å². The molecule has 1 N–H and O–H groups in total. The molecule has 1 amide bonds. The van der Waals surface area contributed by atoms with E-state index in [1.54, 1.807) is 23.9 Å². The number of carbonyl (C=O) groups is 1. The molecule has 0 saturated heterocycles. The van der Waals surface area contributed by atoms with Crippen molar-refractivity contribution in [3.63, 3.8) is 0 Å². The number of thioether (sulfide) groups is 1. The summed E-state index contributed by atoms with van der Waals surface area (Å²) in [6.45, 7) is 4.14. The SMILES string of the molecule is CCc1cc(-c2ccc(C(=O)NCc3nc(CSC)no3)cc2)nc(C)n1. The van der Waals surface area contributed by atoms with Gasteiger partial charge in [-0.1, -0.05) is 24.2 Å². The van der Waals surface area contributed by atoms with Crippen LogP contribution in [0.25, 0.3) is 11.3 Å². The molecule has 140 valence electrons. The lowest BCUT2D eigenvalue weighted by Crippen LogP contribution is -2.22. The van der Waals surface area contributed by atoms with Crippen molar-refractivity contribution in [3.8, 4) is 11.3 Å². The van der Waals surface area contributed by atoms with Crippen LogP contribution in [0.3, 0.4) is 0 Å². The third-order valence-electron chi connectivity index (χ3n) is 3.88. The Balaban J connectivity index is 1.65. The van der Waals surface area contributed by atoms with Gasteiger partial charge in [0.25, 0.3) is 5.91 Å². The average molecular weight is 383 g/mol. The molecule has 0 aliphatic rings. The summed E-state index contributed by atoms with van der Waals surface area (Å²) in [6, 6.07) is 9.31. The zero-order valence-corrected chi connectivity index (χ0v) is 16.3. The van der Waals surface area contributed by atoms with Crippen molar-refractivity contribution in [1.82, 2.24) is 25.4 Å². The monoisotopic (exact) mass is 383 g/mol. The highest BCUT2D eigenvalue weighted by Crippen LogP contribution is 2.19. The van der Waals surface area contributed by atoms with Gasteiger partial charge in [-0.25, -0.2) is 9.97 Å². The Morgan fingerprint density at radius 1 is 1.19 bits per heavy atom. The van der Waals surface area contributed by atoms with Crippen molar-refractivity contribution < 1.29 is 9.32 Å². The second-order valence-corrected chi connectivity index (χ2v) is 6.81. The molecule has 3 rings (SSSR count). The molecule has 2 aromatic heterocycles. The molecule has 0 saturated carbocycles. The van der Waals surface area contributed by atoms with Gasteiger partial charge in [-0.15, -0.1) is 0 Å². The zero-order chi connectivity index (χ0) is 19.2. The van der Waals surface area contributed by atoms with Gasteiger partial charge in [0.15, 0.2) is 5.82 Å². The second kappa shape index (κ2) is 8.77. The van der Waals surface area contributed by atoms with E-state index in [2.05, 4.69) is 32.3 Å². The minimum atomic E-state index is -0.195. The third kappa shape index (κ3) is 4.91. The first-order valence-electron chi connectivity index (χ1n) is 8.62. The number of nitrogens with zero attached hydrogens (tertiary/aromatic N) is 4. The normalized spacial score (nSPS) is 10.8. The summed E-state index contributed by atoms with van der Waals surface area (Å²) >= 11 is 1.61. The highest BCUT2D eigenvalue weighted by molar-refractivity contribution is 7.97. The van der Waals surface area contributed by atoms with Crippen molar-refractivity contribution in [2.24, 2.45) is 0 Å². The van der Waals surface area contributed by atoms with Crippen LogP contribution in [0.5, 0.6) is 0 Å². The van der Waals surface area contributed by atoms with Gasteiger partial charge in [0.1, 0.15) is 5.82 Å². The van der Waals surface area contributed by atoms with E-state index < -0.39 is 0 Å². The second-order valence-electron chi connectivity index (χ2n) is 5.94. The van der Waals surface area contributed by atoms with E-state index in [1.165, 1.54) is 0 Å². The molecule has 1 aromatic carbocycles. The van der Waals surface area contributed by atoms with E-state index in [0.29, 0.717) is 23.0 Å². The van der Waals surface area contributed by atoms with Crippen molar-refractivity contribution in [2.45, 2.75) is 32.6 Å². The molecule has 0 fully saturated rings. The van der Waals surface area contributed by atoms with Crippen LogP contribution in [0.15, 0.2) is 34.9 Å². The number of carbonyl (C=O) groups excluding carboxylic acids is 1. The molecule has 0 aliphatic heterocycles. The predicted octanol–water partition coefficient (Wildman–Crippen LogP) is 3.19. The van der Waals surface area contributed by atoms with Gasteiger partial charge in [0.05, 0.1) is 18.0 Å². The molecule has 0 aliphatic carbocycles. The standard InChI is InChI=1S/C19H21N5O2S/c1-4-15-9-16(22-12(2)21-15)13-5-7-14(8-6-13)19(25)20-10-18-23-17(11-27-3)24-26-18/h5-9H,4,10-11H2,1-3H3,(H,20,25). The van der Waals surface area contributed by atoms with Crippen LogP contribution in [0, 0.1) is 6.92 Å². The number of nitrogens with one attached hydrogen (secondary N) is 1. The van der Waals surface area contributed by atoms with Crippen molar-refractivity contribution in [1.29, 1.82) is 0 Å². The van der Waals surface area contributed by atoms with Crippen LogP contribution in [0.2, 0.25) is 0 Å². The topological polar surface area (TPSA) is 93.8 Å². The lowest BCUT2D eigenvalue weighted by molar-refractivity contribution is 0.0946. The largest absolute Gasteiger partial charge is 0.343 e. The number of rotatable bonds is 7. The van der Waals surface area contributed by atoms with Gasteiger partial charge in [-0.05, 0) is 37.8 Å². The summed E-state index contributed by atoms with van der Waals surface area (Å²) in [7, 11) is 0. The number of hydrogen-bond acceptors (Lipinski definition) is 7. The van der Waals surface area contributed by atoms with Crippen molar-refractivity contribution in [3.05, 3.63) is 59.1 Å². The Bertz CT molecular complexity index is 924. The third-order valence-corrected chi connectivity index (χ3v) is 4.43. The van der Waals surface area contributed by atoms with Gasteiger partial charge in [0, 0.05) is 16.8 Å². The highest BCUT2D eigenvalue weighted by Gasteiger charge is 2.10. The Labute approximate surface area is 162 Å². The summed E-state index contributed by atoms with van der Waals surface area (Å²) in [5.41, 5.74) is 3.37. The maximum Gasteiger partial charge on any atom is 0.251 e. The Kier molecular flexibility index (Phi) is 6.18. The minimum Gasteiger partial charge on any atom is -0.343 e.